The van der Waals surface area contributed by atoms with Crippen molar-refractivity contribution in [2.24, 2.45) is 18.2 Å². The summed E-state index contributed by atoms with van der Waals surface area (Å²) in [6.45, 7) is 4.60. The topological polar surface area (TPSA) is 83.6 Å². The van der Waals surface area contributed by atoms with E-state index in [0.29, 0.717) is 18.7 Å². The van der Waals surface area contributed by atoms with Crippen molar-refractivity contribution in [2.45, 2.75) is 39.1 Å². The lowest BCUT2D eigenvalue weighted by Crippen LogP contribution is -2.56. The second-order valence-corrected chi connectivity index (χ2v) is 7.33. The zero-order valence-corrected chi connectivity index (χ0v) is 15.3. The third kappa shape index (κ3) is 3.51. The van der Waals surface area contributed by atoms with E-state index >= 15 is 0 Å². The zero-order valence-electron chi connectivity index (χ0n) is 15.3. The maximum Gasteiger partial charge on any atom is 0.355 e. The Hall–Kier alpha value is -2.60. The highest BCUT2D eigenvalue weighted by atomic mass is 16.6. The van der Waals surface area contributed by atoms with E-state index in [2.05, 4.69) is 0 Å². The van der Waals surface area contributed by atoms with Crippen LogP contribution in [0.2, 0.25) is 0 Å². The van der Waals surface area contributed by atoms with Gasteiger partial charge in [-0.25, -0.2) is 4.79 Å². The molecule has 26 heavy (non-hydrogen) atoms. The highest BCUT2D eigenvalue weighted by Gasteiger charge is 2.51. The van der Waals surface area contributed by atoms with E-state index in [-0.39, 0.29) is 23.2 Å². The molecular formula is C20H24N2O4. The third-order valence-electron chi connectivity index (χ3n) is 5.13. The molecule has 0 unspecified atom stereocenters. The molecule has 1 fully saturated rings. The third-order valence-corrected chi connectivity index (χ3v) is 5.13. The van der Waals surface area contributed by atoms with Gasteiger partial charge in [0.1, 0.15) is 11.8 Å². The Morgan fingerprint density at radius 2 is 1.92 bits per heavy atom. The van der Waals surface area contributed by atoms with Crippen molar-refractivity contribution in [2.75, 3.05) is 0 Å². The second kappa shape index (κ2) is 6.96. The Balaban J connectivity index is 1.58. The van der Waals surface area contributed by atoms with Gasteiger partial charge in [0.05, 0.1) is 18.3 Å². The van der Waals surface area contributed by atoms with Gasteiger partial charge in [0.15, 0.2) is 0 Å². The van der Waals surface area contributed by atoms with E-state index in [4.69, 9.17) is 15.2 Å². The quantitative estimate of drug-likeness (QED) is 0.807. The molecule has 1 amide bonds. The van der Waals surface area contributed by atoms with Crippen LogP contribution in [-0.4, -0.2) is 28.7 Å². The van der Waals surface area contributed by atoms with Crippen molar-refractivity contribution < 1.29 is 19.1 Å². The average Bonchev–Trinajstić information content (AvgIpc) is 3.00. The van der Waals surface area contributed by atoms with Crippen LogP contribution >= 0.6 is 0 Å². The average molecular weight is 356 g/mol. The van der Waals surface area contributed by atoms with Crippen LogP contribution in [0.3, 0.4) is 0 Å². The summed E-state index contributed by atoms with van der Waals surface area (Å²) in [5.74, 6) is -1.03. The molecule has 6 nitrogen and oxygen atoms in total. The number of esters is 1. The van der Waals surface area contributed by atoms with Crippen LogP contribution in [0.1, 0.15) is 46.7 Å². The van der Waals surface area contributed by atoms with Gasteiger partial charge in [-0.1, -0.05) is 44.2 Å². The Morgan fingerprint density at radius 3 is 2.50 bits per heavy atom. The highest BCUT2D eigenvalue weighted by Crippen LogP contribution is 2.45. The van der Waals surface area contributed by atoms with Crippen molar-refractivity contribution >= 4 is 11.9 Å². The Kier molecular flexibility index (Phi) is 4.87. The lowest BCUT2D eigenvalue weighted by atomic mass is 9.66. The summed E-state index contributed by atoms with van der Waals surface area (Å²) < 4.78 is 13.2. The lowest BCUT2D eigenvalue weighted by molar-refractivity contribution is -0.181. The molecule has 1 aromatic heterocycles. The van der Waals surface area contributed by atoms with E-state index in [1.165, 1.54) is 12.3 Å². The smallest absolute Gasteiger partial charge is 0.355 e. The molecule has 3 rings (SSSR count). The minimum absolute atomic E-state index is 0.0232. The van der Waals surface area contributed by atoms with Gasteiger partial charge < -0.3 is 19.8 Å². The summed E-state index contributed by atoms with van der Waals surface area (Å²) in [4.78, 5) is 23.7. The van der Waals surface area contributed by atoms with E-state index in [9.17, 15) is 9.59 Å². The highest BCUT2D eigenvalue weighted by molar-refractivity contribution is 5.96. The first-order chi connectivity index (χ1) is 12.3. The molecule has 0 spiro atoms. The van der Waals surface area contributed by atoms with Crippen molar-refractivity contribution in [3.8, 4) is 0 Å². The van der Waals surface area contributed by atoms with Crippen LogP contribution in [-0.2, 0) is 23.1 Å². The fourth-order valence-electron chi connectivity index (χ4n) is 3.19. The van der Waals surface area contributed by atoms with Crippen molar-refractivity contribution in [1.29, 1.82) is 0 Å². The van der Waals surface area contributed by atoms with Gasteiger partial charge in [0.2, 0.25) is 5.91 Å². The number of aryl methyl sites for hydroxylation is 1. The van der Waals surface area contributed by atoms with E-state index in [1.807, 2.05) is 44.2 Å². The maximum atomic E-state index is 12.4. The van der Waals surface area contributed by atoms with Crippen LogP contribution in [0.5, 0.6) is 0 Å². The van der Waals surface area contributed by atoms with Gasteiger partial charge in [-0.15, -0.1) is 0 Å². The van der Waals surface area contributed by atoms with Gasteiger partial charge in [-0.3, -0.25) is 4.79 Å². The standard InChI is InChI=1S/C20H24N2O4/c1-20(2)16(25-12-13-7-5-4-6-8-13)10-17(20)26-19(24)15-9-14(18(21)23)11-22(15)3/h4-9,11,16-17H,10,12H2,1-3H3,(H2,21,23)/t16-,17+/m1/s1. The monoisotopic (exact) mass is 356 g/mol. The van der Waals surface area contributed by atoms with Gasteiger partial charge in [-0.2, -0.15) is 0 Å². The molecule has 1 aliphatic carbocycles. The summed E-state index contributed by atoms with van der Waals surface area (Å²) in [7, 11) is 1.68. The predicted octanol–water partition coefficient (Wildman–Crippen LogP) is 2.66. The molecule has 2 aromatic rings. The van der Waals surface area contributed by atoms with Crippen LogP contribution in [0, 0.1) is 5.41 Å². The molecule has 1 saturated carbocycles. The number of benzene rings is 1. The fourth-order valence-corrected chi connectivity index (χ4v) is 3.19. The Labute approximate surface area is 152 Å². The van der Waals surface area contributed by atoms with Crippen LogP contribution in [0.15, 0.2) is 42.6 Å². The first kappa shape index (κ1) is 18.2. The molecule has 1 aliphatic rings. The van der Waals surface area contributed by atoms with Crippen molar-refractivity contribution in [1.82, 2.24) is 4.57 Å². The van der Waals surface area contributed by atoms with E-state index < -0.39 is 11.9 Å². The van der Waals surface area contributed by atoms with E-state index in [0.717, 1.165) is 5.56 Å². The molecule has 2 N–H and O–H groups in total. The zero-order chi connectivity index (χ0) is 18.9. The predicted molar refractivity (Wildman–Crippen MR) is 96.6 cm³/mol. The minimum Gasteiger partial charge on any atom is -0.457 e. The number of nitrogens with zero attached hydrogens (tertiary/aromatic N) is 1. The molecule has 6 heteroatoms. The van der Waals surface area contributed by atoms with Crippen molar-refractivity contribution in [3.05, 3.63) is 59.4 Å². The second-order valence-electron chi connectivity index (χ2n) is 7.33. The lowest BCUT2D eigenvalue weighted by Gasteiger charge is -2.50. The van der Waals surface area contributed by atoms with Crippen molar-refractivity contribution in [3.63, 3.8) is 0 Å². The van der Waals surface area contributed by atoms with E-state index in [1.54, 1.807) is 11.6 Å². The summed E-state index contributed by atoms with van der Waals surface area (Å²) >= 11 is 0. The first-order valence-electron chi connectivity index (χ1n) is 8.61. The first-order valence-corrected chi connectivity index (χ1v) is 8.61. The largest absolute Gasteiger partial charge is 0.457 e. The number of ether oxygens (including phenoxy) is 2. The molecule has 0 bridgehead atoms. The number of carbonyl (C=O) groups is 2. The SMILES string of the molecule is Cn1cc(C(N)=O)cc1C(=O)O[C@H]1C[C@@H](OCc2ccccc2)C1(C)C. The van der Waals surface area contributed by atoms with Gasteiger partial charge in [-0.05, 0) is 11.6 Å². The van der Waals surface area contributed by atoms with Crippen LogP contribution < -0.4 is 5.73 Å². The number of carbonyl (C=O) groups excluding carboxylic acids is 2. The molecule has 1 aromatic carbocycles. The Bertz CT molecular complexity index is 810. The number of primary amides is 1. The number of amides is 1. The summed E-state index contributed by atoms with van der Waals surface area (Å²) in [5.41, 5.74) is 6.69. The van der Waals surface area contributed by atoms with Gasteiger partial charge in [0.25, 0.3) is 0 Å². The summed E-state index contributed by atoms with van der Waals surface area (Å²) in [5, 5.41) is 0. The molecule has 0 aliphatic heterocycles. The molecule has 138 valence electrons. The molecule has 2 atom stereocenters. The molecule has 0 radical (unpaired) electrons. The number of aromatic nitrogens is 1. The van der Waals surface area contributed by atoms with Gasteiger partial charge >= 0.3 is 5.97 Å². The summed E-state index contributed by atoms with van der Waals surface area (Å²) in [6, 6.07) is 11.4. The van der Waals surface area contributed by atoms with Gasteiger partial charge in [0, 0.05) is 25.1 Å². The number of rotatable bonds is 6. The number of nitrogens with two attached hydrogens (primary N) is 1. The normalized spacial score (nSPS) is 21.0. The molecular weight excluding hydrogens is 332 g/mol. The molecule has 0 saturated heterocycles. The van der Waals surface area contributed by atoms with Crippen LogP contribution in [0.4, 0.5) is 0 Å². The molecule has 1 heterocycles. The number of hydrogen-bond donors (Lipinski definition) is 1. The maximum absolute atomic E-state index is 12.4. The van der Waals surface area contributed by atoms with Crippen LogP contribution in [0.25, 0.3) is 0 Å². The minimum atomic E-state index is -0.571. The fraction of sp³-hybridized carbons (Fsp3) is 0.400. The Morgan fingerprint density at radius 1 is 1.23 bits per heavy atom. The number of hydrogen-bond acceptors (Lipinski definition) is 4. The summed E-state index contributed by atoms with van der Waals surface area (Å²) in [6.07, 6.45) is 1.97.